The van der Waals surface area contributed by atoms with Crippen LogP contribution in [-0.2, 0) is 11.8 Å². The third-order valence-corrected chi connectivity index (χ3v) is 4.79. The van der Waals surface area contributed by atoms with Gasteiger partial charge in [0, 0.05) is 19.8 Å². The smallest absolute Gasteiger partial charge is 0.475 e. The van der Waals surface area contributed by atoms with Gasteiger partial charge in [-0.2, -0.15) is 18.3 Å². The first-order chi connectivity index (χ1) is 16.6. The number of carboxylic acid groups (broad SMARTS) is 1. The number of alkyl halides is 3. The molecule has 12 heteroatoms. The maximum absolute atomic E-state index is 12.6. The number of urea groups is 1. The lowest BCUT2D eigenvalue weighted by molar-refractivity contribution is -0.192. The quantitative estimate of drug-likeness (QED) is 0.330. The van der Waals surface area contributed by atoms with Crippen LogP contribution in [0.15, 0.2) is 71.5 Å². The Morgan fingerprint density at radius 2 is 1.83 bits per heavy atom. The van der Waals surface area contributed by atoms with Gasteiger partial charge in [0.25, 0.3) is 0 Å². The number of aromatic nitrogens is 2. The van der Waals surface area contributed by atoms with Crippen LogP contribution >= 0.6 is 0 Å². The summed E-state index contributed by atoms with van der Waals surface area (Å²) in [7, 11) is 1.79. The van der Waals surface area contributed by atoms with Crippen LogP contribution in [0, 0.1) is 0 Å². The van der Waals surface area contributed by atoms with Crippen LogP contribution in [0.4, 0.5) is 23.7 Å². The first-order valence-corrected chi connectivity index (χ1v) is 10.2. The fraction of sp³-hybridized carbons (Fsp3) is 0.174. The minimum Gasteiger partial charge on any atom is -0.475 e. The van der Waals surface area contributed by atoms with Crippen LogP contribution < -0.4 is 16.4 Å². The van der Waals surface area contributed by atoms with E-state index in [2.05, 4.69) is 21.8 Å². The van der Waals surface area contributed by atoms with Gasteiger partial charge in [-0.25, -0.2) is 9.59 Å². The first-order valence-electron chi connectivity index (χ1n) is 10.2. The topological polar surface area (TPSA) is 135 Å². The number of rotatable bonds is 5. The van der Waals surface area contributed by atoms with E-state index in [0.29, 0.717) is 17.1 Å². The number of aryl methyl sites for hydroxylation is 1. The van der Waals surface area contributed by atoms with Crippen molar-refractivity contribution in [2.75, 3.05) is 11.9 Å². The predicted molar refractivity (Wildman–Crippen MR) is 122 cm³/mol. The van der Waals surface area contributed by atoms with Crippen molar-refractivity contribution >= 4 is 28.5 Å². The van der Waals surface area contributed by atoms with E-state index in [0.717, 1.165) is 16.3 Å². The number of aliphatic carboxylic acids is 1. The molecule has 35 heavy (non-hydrogen) atoms. The summed E-state index contributed by atoms with van der Waals surface area (Å²) in [6, 6.07) is 17.0. The van der Waals surface area contributed by atoms with Gasteiger partial charge < -0.3 is 25.9 Å². The molecular formula is C23H22F3N5O4. The highest BCUT2D eigenvalue weighted by Gasteiger charge is 2.38. The molecule has 2 aromatic carbocycles. The van der Waals surface area contributed by atoms with E-state index in [-0.39, 0.29) is 18.6 Å². The number of carbonyl (C=O) groups is 2. The average Bonchev–Trinajstić information content (AvgIpc) is 3.46. The Labute approximate surface area is 197 Å². The van der Waals surface area contributed by atoms with Gasteiger partial charge in [0.05, 0.1) is 18.0 Å². The average molecular weight is 489 g/mol. The zero-order chi connectivity index (χ0) is 25.6. The van der Waals surface area contributed by atoms with E-state index >= 15 is 0 Å². The molecule has 4 aromatic rings. The van der Waals surface area contributed by atoms with Crippen molar-refractivity contribution in [3.8, 4) is 11.5 Å². The minimum atomic E-state index is -5.08. The van der Waals surface area contributed by atoms with Crippen molar-refractivity contribution in [2.45, 2.75) is 12.2 Å². The number of carboxylic acids is 1. The highest BCUT2D eigenvalue weighted by molar-refractivity contribution is 5.93. The molecule has 0 aliphatic heterocycles. The second-order valence-electron chi connectivity index (χ2n) is 7.34. The largest absolute Gasteiger partial charge is 0.490 e. The molecule has 0 aliphatic carbocycles. The first kappa shape index (κ1) is 25.3. The second kappa shape index (κ2) is 10.7. The molecule has 2 amide bonds. The Morgan fingerprint density at radius 3 is 2.43 bits per heavy atom. The monoisotopic (exact) mass is 489 g/mol. The highest BCUT2D eigenvalue weighted by Crippen LogP contribution is 2.27. The number of nitrogens with one attached hydrogen (secondary N) is 2. The van der Waals surface area contributed by atoms with E-state index in [1.165, 1.54) is 0 Å². The molecule has 2 aromatic heterocycles. The van der Waals surface area contributed by atoms with Crippen molar-refractivity contribution in [3.63, 3.8) is 0 Å². The highest BCUT2D eigenvalue weighted by atomic mass is 19.4. The Bertz CT molecular complexity index is 1300. The fourth-order valence-corrected chi connectivity index (χ4v) is 3.19. The van der Waals surface area contributed by atoms with Crippen LogP contribution in [0.5, 0.6) is 0 Å². The standard InChI is InChI=1S/C21H21N5O2.C2HF3O2/c1-26-13-18(20(25-26)19-7-4-10-28-19)24-21(27)23-17(12-22)16-9-8-14-5-2-3-6-15(14)11-16;3-2(4,5)1(6)7/h2-11,13,17H,12,22H2,1H3,(H2,23,24,27);(H,6,7). The van der Waals surface area contributed by atoms with Crippen LogP contribution in [0.3, 0.4) is 0 Å². The van der Waals surface area contributed by atoms with Crippen molar-refractivity contribution in [2.24, 2.45) is 12.8 Å². The molecule has 0 bridgehead atoms. The second-order valence-corrected chi connectivity index (χ2v) is 7.34. The Balaban J connectivity index is 0.000000429. The number of furan rings is 1. The number of hydrogen-bond donors (Lipinski definition) is 4. The summed E-state index contributed by atoms with van der Waals surface area (Å²) in [5, 5.41) is 19.5. The fourth-order valence-electron chi connectivity index (χ4n) is 3.19. The van der Waals surface area contributed by atoms with E-state index in [4.69, 9.17) is 20.1 Å². The number of hydrogen-bond acceptors (Lipinski definition) is 5. The summed E-state index contributed by atoms with van der Waals surface area (Å²) < 4.78 is 38.8. The Hall–Kier alpha value is -4.32. The molecule has 184 valence electrons. The maximum atomic E-state index is 12.6. The van der Waals surface area contributed by atoms with Crippen LogP contribution in [0.2, 0.25) is 0 Å². The molecule has 0 saturated carbocycles. The minimum absolute atomic E-state index is 0.282. The molecule has 2 heterocycles. The molecular weight excluding hydrogens is 467 g/mol. The van der Waals surface area contributed by atoms with Gasteiger partial charge in [0.15, 0.2) is 11.5 Å². The van der Waals surface area contributed by atoms with Gasteiger partial charge in [-0.05, 0) is 34.5 Å². The van der Waals surface area contributed by atoms with Crippen molar-refractivity contribution in [1.82, 2.24) is 15.1 Å². The molecule has 5 N–H and O–H groups in total. The predicted octanol–water partition coefficient (Wildman–Crippen LogP) is 4.29. The van der Waals surface area contributed by atoms with Crippen LogP contribution in [0.1, 0.15) is 11.6 Å². The zero-order valence-corrected chi connectivity index (χ0v) is 18.4. The zero-order valence-electron chi connectivity index (χ0n) is 18.4. The van der Waals surface area contributed by atoms with Gasteiger partial charge in [-0.15, -0.1) is 0 Å². The molecule has 4 rings (SSSR count). The third kappa shape index (κ3) is 6.60. The molecule has 0 aliphatic rings. The maximum Gasteiger partial charge on any atom is 0.490 e. The van der Waals surface area contributed by atoms with E-state index in [1.54, 1.807) is 36.3 Å². The normalized spacial score (nSPS) is 11.9. The van der Waals surface area contributed by atoms with Crippen LogP contribution in [0.25, 0.3) is 22.2 Å². The lowest BCUT2D eigenvalue weighted by Crippen LogP contribution is -2.36. The van der Waals surface area contributed by atoms with Crippen LogP contribution in [-0.4, -0.2) is 39.6 Å². The number of halogens is 3. The lowest BCUT2D eigenvalue weighted by atomic mass is 10.0. The van der Waals surface area contributed by atoms with Gasteiger partial charge in [0.2, 0.25) is 0 Å². The number of nitrogens with zero attached hydrogens (tertiary/aromatic N) is 2. The number of carbonyl (C=O) groups excluding carboxylic acids is 1. The summed E-state index contributed by atoms with van der Waals surface area (Å²) >= 11 is 0. The number of fused-ring (bicyclic) bond motifs is 1. The molecule has 9 nitrogen and oxygen atoms in total. The Morgan fingerprint density at radius 1 is 1.14 bits per heavy atom. The summed E-state index contributed by atoms with van der Waals surface area (Å²) in [5.74, 6) is -2.17. The van der Waals surface area contributed by atoms with Gasteiger partial charge in [-0.3, -0.25) is 4.68 Å². The number of nitrogens with two attached hydrogens (primary N) is 1. The lowest BCUT2D eigenvalue weighted by Gasteiger charge is -2.18. The van der Waals surface area contributed by atoms with Gasteiger partial charge in [-0.1, -0.05) is 36.4 Å². The van der Waals surface area contributed by atoms with Gasteiger partial charge in [0.1, 0.15) is 0 Å². The SMILES string of the molecule is Cn1cc(NC(=O)NC(CN)c2ccc3ccccc3c2)c(-c2ccco2)n1.O=C(O)C(F)(F)F. The molecule has 0 saturated heterocycles. The number of benzene rings is 2. The van der Waals surface area contributed by atoms with E-state index in [9.17, 15) is 18.0 Å². The van der Waals surface area contributed by atoms with Gasteiger partial charge >= 0.3 is 18.2 Å². The molecule has 0 spiro atoms. The summed E-state index contributed by atoms with van der Waals surface area (Å²) in [6.45, 7) is 0.282. The van der Waals surface area contributed by atoms with E-state index < -0.39 is 12.1 Å². The number of amides is 2. The van der Waals surface area contributed by atoms with Crippen molar-refractivity contribution in [1.29, 1.82) is 0 Å². The molecule has 1 atom stereocenters. The van der Waals surface area contributed by atoms with Crippen molar-refractivity contribution < 1.29 is 32.3 Å². The van der Waals surface area contributed by atoms with E-state index in [1.807, 2.05) is 36.4 Å². The summed E-state index contributed by atoms with van der Waals surface area (Å²) in [4.78, 5) is 21.5. The molecule has 0 fully saturated rings. The Kier molecular flexibility index (Phi) is 7.76. The summed E-state index contributed by atoms with van der Waals surface area (Å²) in [6.07, 6.45) is -1.79. The molecule has 1 unspecified atom stereocenters. The summed E-state index contributed by atoms with van der Waals surface area (Å²) in [5.41, 5.74) is 8.01. The number of anilines is 1. The third-order valence-electron chi connectivity index (χ3n) is 4.79. The molecule has 0 radical (unpaired) electrons. The van der Waals surface area contributed by atoms with Crippen molar-refractivity contribution in [3.05, 3.63) is 72.6 Å².